The van der Waals surface area contributed by atoms with Gasteiger partial charge < -0.3 is 15.5 Å². The Morgan fingerprint density at radius 3 is 2.44 bits per heavy atom. The quantitative estimate of drug-likeness (QED) is 0.690. The Hall–Kier alpha value is -2.41. The number of carbonyl (C=O) groups is 2. The van der Waals surface area contributed by atoms with Crippen LogP contribution in [0.3, 0.4) is 0 Å². The fourth-order valence-electron chi connectivity index (χ4n) is 2.54. The van der Waals surface area contributed by atoms with Crippen LogP contribution in [0.4, 0.5) is 9.18 Å². The van der Waals surface area contributed by atoms with Crippen molar-refractivity contribution in [3.8, 4) is 0 Å². The minimum absolute atomic E-state index is 0.0494. The molecule has 27 heavy (non-hydrogen) atoms. The number of nitrogens with one attached hydrogen (secondary N) is 2. The van der Waals surface area contributed by atoms with Crippen LogP contribution in [0.15, 0.2) is 53.0 Å². The average Bonchev–Trinajstić information content (AvgIpc) is 2.65. The topological polar surface area (TPSA) is 61.4 Å². The van der Waals surface area contributed by atoms with Crippen molar-refractivity contribution in [2.24, 2.45) is 0 Å². The molecule has 0 heterocycles. The summed E-state index contributed by atoms with van der Waals surface area (Å²) in [5, 5.41) is 5.65. The number of nitrogens with zero attached hydrogens (tertiary/aromatic N) is 1. The molecule has 5 nitrogen and oxygen atoms in total. The Kier molecular flexibility index (Phi) is 7.79. The summed E-state index contributed by atoms with van der Waals surface area (Å²) in [6, 6.07) is 13.1. The van der Waals surface area contributed by atoms with Crippen molar-refractivity contribution in [1.29, 1.82) is 0 Å². The number of rotatable bonds is 7. The Morgan fingerprint density at radius 2 is 1.81 bits per heavy atom. The highest BCUT2D eigenvalue weighted by Crippen LogP contribution is 2.22. The maximum absolute atomic E-state index is 12.9. The van der Waals surface area contributed by atoms with Gasteiger partial charge in [0.15, 0.2) is 0 Å². The molecular formula is C20H23BrFN3O2. The summed E-state index contributed by atoms with van der Waals surface area (Å²) >= 11 is 3.48. The van der Waals surface area contributed by atoms with Crippen LogP contribution in [0.2, 0.25) is 0 Å². The van der Waals surface area contributed by atoms with Gasteiger partial charge in [0, 0.05) is 17.6 Å². The fraction of sp³-hybridized carbons (Fsp3) is 0.300. The molecule has 0 saturated carbocycles. The van der Waals surface area contributed by atoms with Gasteiger partial charge >= 0.3 is 6.03 Å². The van der Waals surface area contributed by atoms with Crippen molar-refractivity contribution in [3.05, 3.63) is 69.9 Å². The molecule has 2 rings (SSSR count). The van der Waals surface area contributed by atoms with Gasteiger partial charge in [-0.3, -0.25) is 4.79 Å². The molecule has 144 valence electrons. The van der Waals surface area contributed by atoms with Gasteiger partial charge in [-0.25, -0.2) is 9.18 Å². The summed E-state index contributed by atoms with van der Waals surface area (Å²) in [4.78, 5) is 26.1. The highest BCUT2D eigenvalue weighted by Gasteiger charge is 2.18. The molecule has 2 aromatic rings. The lowest BCUT2D eigenvalue weighted by atomic mass is 10.1. The third-order valence-corrected chi connectivity index (χ3v) is 4.84. The second-order valence-electron chi connectivity index (χ2n) is 6.11. The number of benzene rings is 2. The molecule has 2 N–H and O–H groups in total. The van der Waals surface area contributed by atoms with Gasteiger partial charge in [0.25, 0.3) is 0 Å². The van der Waals surface area contributed by atoms with E-state index in [9.17, 15) is 14.0 Å². The monoisotopic (exact) mass is 435 g/mol. The molecule has 2 aromatic carbocycles. The molecule has 0 aliphatic heterocycles. The van der Waals surface area contributed by atoms with E-state index < -0.39 is 0 Å². The average molecular weight is 436 g/mol. The minimum atomic E-state index is -0.321. The lowest BCUT2D eigenvalue weighted by molar-refractivity contribution is -0.121. The van der Waals surface area contributed by atoms with Crippen LogP contribution in [0.1, 0.15) is 31.0 Å². The van der Waals surface area contributed by atoms with Gasteiger partial charge in [0.1, 0.15) is 12.4 Å². The molecule has 7 heteroatoms. The zero-order valence-electron chi connectivity index (χ0n) is 15.3. The first kappa shape index (κ1) is 20.9. The Morgan fingerprint density at radius 1 is 1.15 bits per heavy atom. The van der Waals surface area contributed by atoms with Gasteiger partial charge in [-0.15, -0.1) is 0 Å². The highest BCUT2D eigenvalue weighted by molar-refractivity contribution is 9.10. The van der Waals surface area contributed by atoms with Gasteiger partial charge in [-0.2, -0.15) is 0 Å². The maximum Gasteiger partial charge on any atom is 0.318 e. The zero-order valence-corrected chi connectivity index (χ0v) is 16.9. The van der Waals surface area contributed by atoms with E-state index in [0.29, 0.717) is 6.54 Å². The maximum atomic E-state index is 12.9. The number of likely N-dealkylation sites (N-methyl/N-ethyl adjacent to an activating group) is 1. The predicted octanol–water partition coefficient (Wildman–Crippen LogP) is 4.00. The van der Waals surface area contributed by atoms with Crippen LogP contribution in [-0.2, 0) is 11.3 Å². The van der Waals surface area contributed by atoms with Crippen molar-refractivity contribution in [2.45, 2.75) is 26.4 Å². The summed E-state index contributed by atoms with van der Waals surface area (Å²) < 4.78 is 13.8. The molecule has 0 aromatic heterocycles. The SMILES string of the molecule is CCN(CC(=O)NCc1ccc(F)cc1)C(=O)NC(C)c1ccccc1Br. The molecule has 0 saturated heterocycles. The van der Waals surface area contributed by atoms with E-state index in [1.165, 1.54) is 17.0 Å². The van der Waals surface area contributed by atoms with E-state index in [1.807, 2.05) is 38.1 Å². The summed E-state index contributed by atoms with van der Waals surface area (Å²) in [5.74, 6) is -0.594. The van der Waals surface area contributed by atoms with Crippen LogP contribution in [0, 0.1) is 5.82 Å². The van der Waals surface area contributed by atoms with E-state index in [0.717, 1.165) is 15.6 Å². The van der Waals surface area contributed by atoms with Crippen LogP contribution in [0.25, 0.3) is 0 Å². The van der Waals surface area contributed by atoms with Crippen LogP contribution < -0.4 is 10.6 Å². The van der Waals surface area contributed by atoms with E-state index in [4.69, 9.17) is 0 Å². The van der Waals surface area contributed by atoms with Crippen molar-refractivity contribution in [3.63, 3.8) is 0 Å². The number of halogens is 2. The molecule has 0 radical (unpaired) electrons. The lowest BCUT2D eigenvalue weighted by Gasteiger charge is -2.24. The number of amides is 3. The van der Waals surface area contributed by atoms with E-state index in [-0.39, 0.29) is 36.9 Å². The fourth-order valence-corrected chi connectivity index (χ4v) is 3.17. The first-order valence-electron chi connectivity index (χ1n) is 8.71. The van der Waals surface area contributed by atoms with Crippen LogP contribution >= 0.6 is 15.9 Å². The second-order valence-corrected chi connectivity index (χ2v) is 6.96. The van der Waals surface area contributed by atoms with Crippen LogP contribution in [0.5, 0.6) is 0 Å². The Balaban J connectivity index is 1.87. The summed E-state index contributed by atoms with van der Waals surface area (Å²) in [5.41, 5.74) is 1.75. The summed E-state index contributed by atoms with van der Waals surface area (Å²) in [6.45, 7) is 4.34. The van der Waals surface area contributed by atoms with Gasteiger partial charge in [0.05, 0.1) is 6.04 Å². The molecule has 1 atom stereocenters. The third kappa shape index (κ3) is 6.36. The number of urea groups is 1. The van der Waals surface area contributed by atoms with Crippen molar-refractivity contribution < 1.29 is 14.0 Å². The molecule has 0 bridgehead atoms. The molecule has 0 aliphatic rings. The van der Waals surface area contributed by atoms with E-state index in [2.05, 4.69) is 26.6 Å². The highest BCUT2D eigenvalue weighted by atomic mass is 79.9. The van der Waals surface area contributed by atoms with Gasteiger partial charge in [0.2, 0.25) is 5.91 Å². The number of hydrogen-bond acceptors (Lipinski definition) is 2. The number of hydrogen-bond donors (Lipinski definition) is 2. The zero-order chi connectivity index (χ0) is 19.8. The van der Waals surface area contributed by atoms with Crippen molar-refractivity contribution >= 4 is 27.9 Å². The first-order valence-corrected chi connectivity index (χ1v) is 9.51. The Labute approximate surface area is 167 Å². The molecular weight excluding hydrogens is 413 g/mol. The first-order chi connectivity index (χ1) is 12.9. The van der Waals surface area contributed by atoms with E-state index in [1.54, 1.807) is 12.1 Å². The van der Waals surface area contributed by atoms with Gasteiger partial charge in [-0.05, 0) is 43.2 Å². The standard InChI is InChI=1S/C20H23BrFN3O2/c1-3-25(13-19(26)23-12-15-8-10-16(22)11-9-15)20(27)24-14(2)17-6-4-5-7-18(17)21/h4-11,14H,3,12-13H2,1-2H3,(H,23,26)(H,24,27). The Bertz CT molecular complexity index is 783. The normalized spacial score (nSPS) is 11.6. The molecule has 1 unspecified atom stereocenters. The molecule has 0 fully saturated rings. The predicted molar refractivity (Wildman–Crippen MR) is 107 cm³/mol. The smallest absolute Gasteiger partial charge is 0.318 e. The van der Waals surface area contributed by atoms with Crippen molar-refractivity contribution in [2.75, 3.05) is 13.1 Å². The molecule has 0 spiro atoms. The van der Waals surface area contributed by atoms with E-state index >= 15 is 0 Å². The lowest BCUT2D eigenvalue weighted by Crippen LogP contribution is -2.46. The van der Waals surface area contributed by atoms with Gasteiger partial charge in [-0.1, -0.05) is 46.3 Å². The molecule has 3 amide bonds. The number of carbonyl (C=O) groups excluding carboxylic acids is 2. The largest absolute Gasteiger partial charge is 0.350 e. The minimum Gasteiger partial charge on any atom is -0.350 e. The summed E-state index contributed by atoms with van der Waals surface area (Å²) in [6.07, 6.45) is 0. The van der Waals surface area contributed by atoms with Crippen molar-refractivity contribution in [1.82, 2.24) is 15.5 Å². The van der Waals surface area contributed by atoms with Crippen LogP contribution in [-0.4, -0.2) is 29.9 Å². The second kappa shape index (κ2) is 10.1. The summed E-state index contributed by atoms with van der Waals surface area (Å²) in [7, 11) is 0. The third-order valence-electron chi connectivity index (χ3n) is 4.12. The molecule has 0 aliphatic carbocycles.